The van der Waals surface area contributed by atoms with Crippen LogP contribution in [0, 0.1) is 12.7 Å². The lowest BCUT2D eigenvalue weighted by Gasteiger charge is -2.09. The number of nitrogens with one attached hydrogen (secondary N) is 1. The third-order valence-electron chi connectivity index (χ3n) is 3.09. The SMILES string of the molecule is Cc1csc(CN)c1S(=O)(=O)NCCc1ccccc1F. The van der Waals surface area contributed by atoms with Gasteiger partial charge in [0.05, 0.1) is 0 Å². The predicted molar refractivity (Wildman–Crippen MR) is 82.2 cm³/mol. The van der Waals surface area contributed by atoms with Gasteiger partial charge in [0.15, 0.2) is 0 Å². The Morgan fingerprint density at radius 3 is 2.71 bits per heavy atom. The minimum absolute atomic E-state index is 0.141. The van der Waals surface area contributed by atoms with E-state index in [1.807, 2.05) is 0 Å². The van der Waals surface area contributed by atoms with Crippen molar-refractivity contribution in [3.8, 4) is 0 Å². The third kappa shape index (κ3) is 3.68. The van der Waals surface area contributed by atoms with E-state index in [0.29, 0.717) is 22.4 Å². The molecule has 0 unspecified atom stereocenters. The van der Waals surface area contributed by atoms with Crippen molar-refractivity contribution in [2.75, 3.05) is 6.54 Å². The predicted octanol–water partition coefficient (Wildman–Crippen LogP) is 2.18. The van der Waals surface area contributed by atoms with E-state index in [-0.39, 0.29) is 23.8 Å². The van der Waals surface area contributed by atoms with Crippen molar-refractivity contribution in [1.29, 1.82) is 0 Å². The molecule has 1 aromatic heterocycles. The van der Waals surface area contributed by atoms with E-state index >= 15 is 0 Å². The summed E-state index contributed by atoms with van der Waals surface area (Å²) >= 11 is 1.33. The van der Waals surface area contributed by atoms with Gasteiger partial charge in [0.25, 0.3) is 0 Å². The van der Waals surface area contributed by atoms with E-state index in [0.717, 1.165) is 0 Å². The fraction of sp³-hybridized carbons (Fsp3) is 0.286. The lowest BCUT2D eigenvalue weighted by atomic mass is 10.1. The Kier molecular flexibility index (Phi) is 5.10. The van der Waals surface area contributed by atoms with Crippen LogP contribution in [0.1, 0.15) is 16.0 Å². The van der Waals surface area contributed by atoms with Gasteiger partial charge in [0.1, 0.15) is 10.7 Å². The molecule has 0 radical (unpaired) electrons. The van der Waals surface area contributed by atoms with Crippen molar-refractivity contribution < 1.29 is 12.8 Å². The van der Waals surface area contributed by atoms with E-state index in [9.17, 15) is 12.8 Å². The summed E-state index contributed by atoms with van der Waals surface area (Å²) in [6, 6.07) is 6.33. The highest BCUT2D eigenvalue weighted by Crippen LogP contribution is 2.26. The van der Waals surface area contributed by atoms with E-state index in [1.54, 1.807) is 30.5 Å². The molecule has 0 atom stereocenters. The third-order valence-corrected chi connectivity index (χ3v) is 6.03. The summed E-state index contributed by atoms with van der Waals surface area (Å²) in [7, 11) is -3.62. The molecule has 0 spiro atoms. The van der Waals surface area contributed by atoms with Crippen LogP contribution < -0.4 is 10.5 Å². The maximum absolute atomic E-state index is 13.5. The van der Waals surface area contributed by atoms with Crippen LogP contribution in [0.2, 0.25) is 0 Å². The van der Waals surface area contributed by atoms with Gasteiger partial charge in [-0.05, 0) is 35.9 Å². The van der Waals surface area contributed by atoms with E-state index in [1.165, 1.54) is 17.4 Å². The van der Waals surface area contributed by atoms with Crippen molar-refractivity contribution in [1.82, 2.24) is 4.72 Å². The molecule has 1 aromatic carbocycles. The lowest BCUT2D eigenvalue weighted by molar-refractivity contribution is 0.576. The van der Waals surface area contributed by atoms with E-state index < -0.39 is 10.0 Å². The quantitative estimate of drug-likeness (QED) is 0.854. The molecule has 4 nitrogen and oxygen atoms in total. The highest BCUT2D eigenvalue weighted by atomic mass is 32.2. The molecule has 0 saturated carbocycles. The molecule has 0 aliphatic rings. The molecule has 3 N–H and O–H groups in total. The Bertz CT molecular complexity index is 726. The van der Waals surface area contributed by atoms with Crippen LogP contribution in [0.3, 0.4) is 0 Å². The highest BCUT2D eigenvalue weighted by Gasteiger charge is 2.21. The molecule has 2 aromatic rings. The van der Waals surface area contributed by atoms with Gasteiger partial charge in [-0.25, -0.2) is 17.5 Å². The zero-order valence-corrected chi connectivity index (χ0v) is 13.2. The Morgan fingerprint density at radius 2 is 2.05 bits per heavy atom. The Hall–Kier alpha value is -1.28. The van der Waals surface area contributed by atoms with Crippen LogP contribution in [0.4, 0.5) is 4.39 Å². The van der Waals surface area contributed by atoms with Gasteiger partial charge in [-0.1, -0.05) is 18.2 Å². The largest absolute Gasteiger partial charge is 0.326 e. The maximum atomic E-state index is 13.5. The zero-order chi connectivity index (χ0) is 15.5. The molecule has 0 aliphatic carbocycles. The van der Waals surface area contributed by atoms with E-state index in [2.05, 4.69) is 4.72 Å². The first kappa shape index (κ1) is 16.1. The van der Waals surface area contributed by atoms with Crippen LogP contribution in [-0.4, -0.2) is 15.0 Å². The van der Waals surface area contributed by atoms with Crippen LogP contribution >= 0.6 is 11.3 Å². The number of hydrogen-bond acceptors (Lipinski definition) is 4. The van der Waals surface area contributed by atoms with Crippen LogP contribution in [0.15, 0.2) is 34.5 Å². The van der Waals surface area contributed by atoms with Gasteiger partial charge in [-0.3, -0.25) is 0 Å². The fourth-order valence-electron chi connectivity index (χ4n) is 2.08. The summed E-state index contributed by atoms with van der Waals surface area (Å²) in [6.45, 7) is 2.06. The van der Waals surface area contributed by atoms with Crippen LogP contribution in [0.25, 0.3) is 0 Å². The second kappa shape index (κ2) is 6.65. The molecule has 114 valence electrons. The van der Waals surface area contributed by atoms with Crippen LogP contribution in [-0.2, 0) is 23.0 Å². The van der Waals surface area contributed by atoms with E-state index in [4.69, 9.17) is 5.73 Å². The minimum Gasteiger partial charge on any atom is -0.326 e. The summed E-state index contributed by atoms with van der Waals surface area (Å²) in [5, 5.41) is 1.77. The number of aryl methyl sites for hydroxylation is 1. The van der Waals surface area contributed by atoms with Gasteiger partial charge in [0, 0.05) is 18.0 Å². The zero-order valence-electron chi connectivity index (χ0n) is 11.6. The minimum atomic E-state index is -3.62. The smallest absolute Gasteiger partial charge is 0.241 e. The first-order valence-electron chi connectivity index (χ1n) is 6.46. The topological polar surface area (TPSA) is 72.2 Å². The number of nitrogens with two attached hydrogens (primary N) is 1. The molecule has 0 amide bonds. The van der Waals surface area contributed by atoms with Crippen molar-refractivity contribution in [2.45, 2.75) is 24.8 Å². The van der Waals surface area contributed by atoms with Gasteiger partial charge in [0.2, 0.25) is 10.0 Å². The first-order chi connectivity index (χ1) is 9.95. The number of halogens is 1. The van der Waals surface area contributed by atoms with Crippen molar-refractivity contribution in [3.05, 3.63) is 51.5 Å². The molecule has 0 bridgehead atoms. The lowest BCUT2D eigenvalue weighted by Crippen LogP contribution is -2.27. The van der Waals surface area contributed by atoms with Crippen LogP contribution in [0.5, 0.6) is 0 Å². The fourth-order valence-corrected chi connectivity index (χ4v) is 4.81. The molecular formula is C14H17FN2O2S2. The Balaban J connectivity index is 2.09. The number of sulfonamides is 1. The number of rotatable bonds is 6. The molecule has 0 fully saturated rings. The molecular weight excluding hydrogens is 311 g/mol. The number of benzene rings is 1. The monoisotopic (exact) mass is 328 g/mol. The number of thiophene rings is 1. The molecule has 0 saturated heterocycles. The standard InChI is InChI=1S/C14H17FN2O2S2/c1-10-9-20-13(8-16)14(10)21(18,19)17-7-6-11-4-2-3-5-12(11)15/h2-5,9,17H,6-8,16H2,1H3. The average Bonchev–Trinajstić information content (AvgIpc) is 2.83. The van der Waals surface area contributed by atoms with Crippen molar-refractivity contribution >= 4 is 21.4 Å². The molecule has 7 heteroatoms. The van der Waals surface area contributed by atoms with Gasteiger partial charge < -0.3 is 5.73 Å². The second-order valence-electron chi connectivity index (χ2n) is 4.61. The molecule has 0 aliphatic heterocycles. The normalized spacial score (nSPS) is 11.8. The van der Waals surface area contributed by atoms with Crippen molar-refractivity contribution in [3.63, 3.8) is 0 Å². The summed E-state index contributed by atoms with van der Waals surface area (Å²) in [5.74, 6) is -0.328. The molecule has 1 heterocycles. The summed E-state index contributed by atoms with van der Waals surface area (Å²) in [6.07, 6.45) is 0.299. The van der Waals surface area contributed by atoms with Crippen molar-refractivity contribution in [2.24, 2.45) is 5.73 Å². The summed E-state index contributed by atoms with van der Waals surface area (Å²) in [5.41, 5.74) is 6.74. The average molecular weight is 328 g/mol. The molecule has 21 heavy (non-hydrogen) atoms. The summed E-state index contributed by atoms with van der Waals surface area (Å²) < 4.78 is 40.6. The van der Waals surface area contributed by atoms with Gasteiger partial charge in [-0.15, -0.1) is 11.3 Å². The molecule has 2 rings (SSSR count). The summed E-state index contributed by atoms with van der Waals surface area (Å²) in [4.78, 5) is 0.884. The number of hydrogen-bond donors (Lipinski definition) is 2. The highest BCUT2D eigenvalue weighted by molar-refractivity contribution is 7.89. The maximum Gasteiger partial charge on any atom is 0.241 e. The first-order valence-corrected chi connectivity index (χ1v) is 8.82. The Morgan fingerprint density at radius 1 is 1.33 bits per heavy atom. The van der Waals surface area contributed by atoms with Gasteiger partial charge in [-0.2, -0.15) is 0 Å². The van der Waals surface area contributed by atoms with Gasteiger partial charge >= 0.3 is 0 Å². The Labute approximate surface area is 127 Å². The second-order valence-corrected chi connectivity index (χ2v) is 7.28.